The third kappa shape index (κ3) is 6.65. The number of hydrogen-bond donors (Lipinski definition) is 4. The number of carbonyl (C=O) groups is 2. The highest BCUT2D eigenvalue weighted by Gasteiger charge is 2.25. The molecule has 1 heterocycles. The standard InChI is InChI=1S/C14H24ClN5O3S2/c1-8(2)5-11(18)14(22)20-25(23,12-6-9(15)7-24-12)19-13(21)10(17)3-4-16/h6-8,10-11H,3-5,16-18H2,1-2H3,(H,19,20,21,22,23)/t10-,11+,25?/m1/s1. The number of nitrogens with two attached hydrogens (primary N) is 3. The molecule has 1 aromatic heterocycles. The summed E-state index contributed by atoms with van der Waals surface area (Å²) < 4.78 is 19.3. The first-order valence-electron chi connectivity index (χ1n) is 7.67. The van der Waals surface area contributed by atoms with Crippen molar-refractivity contribution < 1.29 is 13.8 Å². The molecule has 0 aliphatic rings. The maximum atomic E-state index is 13.2. The van der Waals surface area contributed by atoms with Gasteiger partial charge in [-0.15, -0.1) is 15.7 Å². The zero-order valence-corrected chi connectivity index (χ0v) is 16.5. The Labute approximate surface area is 156 Å². The van der Waals surface area contributed by atoms with E-state index in [1.807, 2.05) is 13.8 Å². The third-order valence-corrected chi connectivity index (χ3v) is 6.74. The summed E-state index contributed by atoms with van der Waals surface area (Å²) >= 11 is 6.88. The Kier molecular flexibility index (Phi) is 8.45. The molecule has 1 unspecified atom stereocenters. The van der Waals surface area contributed by atoms with Gasteiger partial charge < -0.3 is 17.2 Å². The average molecular weight is 410 g/mol. The van der Waals surface area contributed by atoms with Gasteiger partial charge in [0.15, 0.2) is 9.92 Å². The second-order valence-electron chi connectivity index (χ2n) is 5.93. The van der Waals surface area contributed by atoms with Crippen LogP contribution < -0.4 is 21.9 Å². The van der Waals surface area contributed by atoms with Crippen molar-refractivity contribution in [1.82, 2.24) is 4.72 Å². The van der Waals surface area contributed by atoms with Crippen LogP contribution in [0.4, 0.5) is 0 Å². The molecule has 142 valence electrons. The molecule has 1 rings (SSSR count). The fourth-order valence-corrected chi connectivity index (χ4v) is 4.99. The lowest BCUT2D eigenvalue weighted by atomic mass is 10.0. The lowest BCUT2D eigenvalue weighted by Crippen LogP contribution is -2.44. The number of halogens is 1. The molecular weight excluding hydrogens is 386 g/mol. The van der Waals surface area contributed by atoms with Crippen molar-refractivity contribution in [2.45, 2.75) is 43.0 Å². The van der Waals surface area contributed by atoms with Crippen LogP contribution in [0.25, 0.3) is 0 Å². The number of nitrogens with zero attached hydrogens (tertiary/aromatic N) is 1. The summed E-state index contributed by atoms with van der Waals surface area (Å²) in [7, 11) is -3.58. The molecule has 0 saturated heterocycles. The van der Waals surface area contributed by atoms with Gasteiger partial charge in [-0.1, -0.05) is 25.4 Å². The molecule has 0 fully saturated rings. The van der Waals surface area contributed by atoms with E-state index in [1.54, 1.807) is 0 Å². The molecule has 11 heteroatoms. The zero-order chi connectivity index (χ0) is 19.2. The van der Waals surface area contributed by atoms with Crippen molar-refractivity contribution in [3.8, 4) is 0 Å². The van der Waals surface area contributed by atoms with E-state index in [0.717, 1.165) is 11.3 Å². The third-order valence-electron chi connectivity index (χ3n) is 3.13. The number of nitrogens with one attached hydrogen (secondary N) is 1. The molecule has 0 spiro atoms. The Morgan fingerprint density at radius 2 is 2.00 bits per heavy atom. The number of carbonyl (C=O) groups excluding carboxylic acids is 2. The van der Waals surface area contributed by atoms with E-state index in [0.29, 0.717) is 11.4 Å². The summed E-state index contributed by atoms with van der Waals surface area (Å²) in [6.07, 6.45) is 0.580. The van der Waals surface area contributed by atoms with Gasteiger partial charge in [-0.05, 0) is 31.4 Å². The molecule has 0 aliphatic carbocycles. The Bertz CT molecular complexity index is 728. The van der Waals surface area contributed by atoms with Crippen LogP contribution in [-0.4, -0.2) is 34.7 Å². The van der Waals surface area contributed by atoms with E-state index >= 15 is 0 Å². The van der Waals surface area contributed by atoms with Crippen molar-refractivity contribution in [2.75, 3.05) is 6.54 Å². The fraction of sp³-hybridized carbons (Fsp3) is 0.571. The van der Waals surface area contributed by atoms with E-state index in [4.69, 9.17) is 28.8 Å². The Morgan fingerprint density at radius 3 is 2.48 bits per heavy atom. The summed E-state index contributed by atoms with van der Waals surface area (Å²) in [5.74, 6) is -1.31. The van der Waals surface area contributed by atoms with Crippen molar-refractivity contribution in [3.63, 3.8) is 0 Å². The molecular formula is C14H24ClN5O3S2. The molecule has 0 aromatic carbocycles. The highest BCUT2D eigenvalue weighted by molar-refractivity contribution is 7.94. The zero-order valence-electron chi connectivity index (χ0n) is 14.1. The second kappa shape index (κ2) is 9.60. The van der Waals surface area contributed by atoms with Crippen LogP contribution in [0, 0.1) is 5.92 Å². The van der Waals surface area contributed by atoms with Crippen LogP contribution in [0.15, 0.2) is 20.0 Å². The fourth-order valence-electron chi connectivity index (χ4n) is 1.88. The molecule has 2 amide bonds. The van der Waals surface area contributed by atoms with E-state index in [2.05, 4.69) is 9.08 Å². The first kappa shape index (κ1) is 22.0. The van der Waals surface area contributed by atoms with Crippen LogP contribution in [0.5, 0.6) is 0 Å². The minimum absolute atomic E-state index is 0.149. The van der Waals surface area contributed by atoms with Crippen LogP contribution in [0.1, 0.15) is 26.7 Å². The minimum atomic E-state index is -3.58. The predicted molar refractivity (Wildman–Crippen MR) is 100 cm³/mol. The number of rotatable bonds is 8. The smallest absolute Gasteiger partial charge is 0.272 e. The average Bonchev–Trinajstić information content (AvgIpc) is 2.93. The second-order valence-corrected chi connectivity index (χ2v) is 9.41. The quantitative estimate of drug-likeness (QED) is 0.498. The van der Waals surface area contributed by atoms with Crippen LogP contribution in [-0.2, 0) is 19.5 Å². The molecule has 0 radical (unpaired) electrons. The van der Waals surface area contributed by atoms with Gasteiger partial charge in [0.1, 0.15) is 4.21 Å². The van der Waals surface area contributed by atoms with Gasteiger partial charge in [0.25, 0.3) is 5.91 Å². The van der Waals surface area contributed by atoms with Crippen molar-refractivity contribution in [3.05, 3.63) is 16.5 Å². The SMILES string of the molecule is CC(C)C[C@H](N)C(=O)N=S(=O)(NC(=O)[C@H](N)CCN)c1cc(Cl)cs1. The molecule has 0 bridgehead atoms. The molecule has 1 aromatic rings. The summed E-state index contributed by atoms with van der Waals surface area (Å²) in [5.41, 5.74) is 16.9. The number of amides is 2. The summed E-state index contributed by atoms with van der Waals surface area (Å²) in [5, 5.41) is 1.85. The van der Waals surface area contributed by atoms with Gasteiger partial charge in [-0.2, -0.15) is 0 Å². The van der Waals surface area contributed by atoms with Gasteiger partial charge in [0.2, 0.25) is 5.91 Å². The van der Waals surface area contributed by atoms with Gasteiger partial charge in [0.05, 0.1) is 17.1 Å². The van der Waals surface area contributed by atoms with Gasteiger partial charge >= 0.3 is 0 Å². The number of thiophene rings is 1. The van der Waals surface area contributed by atoms with Crippen molar-refractivity contribution in [2.24, 2.45) is 27.5 Å². The van der Waals surface area contributed by atoms with E-state index in [-0.39, 0.29) is 23.1 Å². The Morgan fingerprint density at radius 1 is 1.36 bits per heavy atom. The Balaban J connectivity index is 3.20. The largest absolute Gasteiger partial charge is 0.330 e. The predicted octanol–water partition coefficient (Wildman–Crippen LogP) is 0.836. The normalized spacial score (nSPS) is 16.1. The topological polar surface area (TPSA) is 154 Å². The highest BCUT2D eigenvalue weighted by atomic mass is 35.5. The molecule has 3 atom stereocenters. The minimum Gasteiger partial charge on any atom is -0.330 e. The van der Waals surface area contributed by atoms with Crippen molar-refractivity contribution >= 4 is 44.7 Å². The van der Waals surface area contributed by atoms with Crippen LogP contribution >= 0.6 is 22.9 Å². The Hall–Kier alpha value is -1.04. The van der Waals surface area contributed by atoms with Crippen molar-refractivity contribution in [1.29, 1.82) is 0 Å². The van der Waals surface area contributed by atoms with E-state index < -0.39 is 33.8 Å². The first-order chi connectivity index (χ1) is 11.6. The van der Waals surface area contributed by atoms with E-state index in [1.165, 1.54) is 11.4 Å². The molecule has 7 N–H and O–H groups in total. The lowest BCUT2D eigenvalue weighted by molar-refractivity contribution is -0.120. The monoisotopic (exact) mass is 409 g/mol. The summed E-state index contributed by atoms with van der Waals surface area (Å²) in [4.78, 5) is 24.4. The first-order valence-corrected chi connectivity index (χ1v) is 10.4. The molecule has 25 heavy (non-hydrogen) atoms. The van der Waals surface area contributed by atoms with E-state index in [9.17, 15) is 13.8 Å². The summed E-state index contributed by atoms with van der Waals surface area (Å²) in [6.45, 7) is 3.99. The molecule has 0 saturated carbocycles. The highest BCUT2D eigenvalue weighted by Crippen LogP contribution is 2.25. The van der Waals surface area contributed by atoms with Gasteiger partial charge in [-0.3, -0.25) is 14.3 Å². The van der Waals surface area contributed by atoms with Gasteiger partial charge in [-0.25, -0.2) is 4.21 Å². The van der Waals surface area contributed by atoms with Crippen LogP contribution in [0.3, 0.4) is 0 Å². The maximum absolute atomic E-state index is 13.2. The number of hydrogen-bond acceptors (Lipinski definition) is 7. The van der Waals surface area contributed by atoms with Crippen LogP contribution in [0.2, 0.25) is 5.02 Å². The molecule has 8 nitrogen and oxygen atoms in total. The lowest BCUT2D eigenvalue weighted by Gasteiger charge is -2.15. The maximum Gasteiger partial charge on any atom is 0.272 e. The molecule has 0 aliphatic heterocycles. The van der Waals surface area contributed by atoms with Gasteiger partial charge in [0, 0.05) is 5.38 Å². The summed E-state index contributed by atoms with van der Waals surface area (Å²) in [6, 6.07) is -0.490.